The molecule has 4 aromatic rings. The molecule has 1 atom stereocenters. The molecule has 2 N–H and O–H groups in total. The number of nitrogens with one attached hydrogen (secondary N) is 2. The first kappa shape index (κ1) is 32.5. The second-order valence-corrected chi connectivity index (χ2v) is 13.1. The third-order valence-corrected chi connectivity index (χ3v) is 9.86. The van der Waals surface area contributed by atoms with E-state index in [0.717, 1.165) is 69.0 Å². The Morgan fingerprint density at radius 3 is 2.37 bits per heavy atom. The van der Waals surface area contributed by atoms with Gasteiger partial charge in [-0.25, -0.2) is 4.98 Å². The Morgan fingerprint density at radius 1 is 0.935 bits per heavy atom. The lowest BCUT2D eigenvalue weighted by Gasteiger charge is -2.42. The van der Waals surface area contributed by atoms with E-state index >= 15 is 0 Å². The van der Waals surface area contributed by atoms with Gasteiger partial charge in [-0.3, -0.25) is 14.9 Å². The number of nitrogens with zero attached hydrogens (tertiary/aromatic N) is 8. The van der Waals surface area contributed by atoms with Crippen LogP contribution in [-0.4, -0.2) is 95.4 Å². The molecule has 244 valence electrons. The van der Waals surface area contributed by atoms with Crippen LogP contribution < -0.4 is 25.1 Å². The Hall–Kier alpha value is -3.45. The zero-order valence-corrected chi connectivity index (χ0v) is 28.0. The van der Waals surface area contributed by atoms with Crippen molar-refractivity contribution in [2.24, 2.45) is 0 Å². The van der Waals surface area contributed by atoms with E-state index in [2.05, 4.69) is 61.6 Å². The van der Waals surface area contributed by atoms with Crippen LogP contribution in [0.3, 0.4) is 0 Å². The molecule has 6 rings (SSSR count). The lowest BCUT2D eigenvalue weighted by atomic mass is 10.0. The molecule has 4 heterocycles. The van der Waals surface area contributed by atoms with Crippen LogP contribution in [0.15, 0.2) is 48.9 Å². The SMILES string of the molecule is CSN(C)c1c(Nc2nc(Nc3ccc(N4CCC(N5CCN(C)CC5)CC4)cc3C(F)(F)F)ncc2P)ccc2nccnc12. The lowest BCUT2D eigenvalue weighted by molar-refractivity contribution is -0.136. The molecule has 0 bridgehead atoms. The van der Waals surface area contributed by atoms with Gasteiger partial charge in [0.25, 0.3) is 0 Å². The number of anilines is 6. The van der Waals surface area contributed by atoms with Crippen molar-refractivity contribution < 1.29 is 13.2 Å². The fraction of sp³-hybridized carbons (Fsp3) is 0.419. The number of aromatic nitrogens is 4. The smallest absolute Gasteiger partial charge is 0.371 e. The van der Waals surface area contributed by atoms with Gasteiger partial charge in [0.1, 0.15) is 11.3 Å². The second-order valence-electron chi connectivity index (χ2n) is 11.6. The van der Waals surface area contributed by atoms with Crippen LogP contribution >= 0.6 is 21.2 Å². The van der Waals surface area contributed by atoms with E-state index in [9.17, 15) is 13.2 Å². The zero-order chi connectivity index (χ0) is 32.4. The molecule has 15 heteroatoms. The van der Waals surface area contributed by atoms with Gasteiger partial charge in [-0.15, -0.1) is 0 Å². The monoisotopic (exact) mass is 670 g/mol. The number of benzene rings is 2. The Morgan fingerprint density at radius 2 is 1.65 bits per heavy atom. The summed E-state index contributed by atoms with van der Waals surface area (Å²) in [5, 5.41) is 6.82. The van der Waals surface area contributed by atoms with Gasteiger partial charge in [-0.2, -0.15) is 18.2 Å². The topological polar surface area (TPSA) is 88.6 Å². The number of fused-ring (bicyclic) bond motifs is 1. The summed E-state index contributed by atoms with van der Waals surface area (Å²) < 4.78 is 45.2. The van der Waals surface area contributed by atoms with Crippen LogP contribution in [0, 0.1) is 0 Å². The average molecular weight is 671 g/mol. The second kappa shape index (κ2) is 13.7. The summed E-state index contributed by atoms with van der Waals surface area (Å²) in [5.74, 6) is 0.468. The van der Waals surface area contributed by atoms with Crippen LogP contribution in [-0.2, 0) is 6.18 Å². The molecule has 0 spiro atoms. The quantitative estimate of drug-likeness (QED) is 0.188. The minimum atomic E-state index is -4.57. The number of likely N-dealkylation sites (N-methyl/N-ethyl adjacent to an activating group) is 1. The van der Waals surface area contributed by atoms with Crippen LogP contribution in [0.2, 0.25) is 0 Å². The molecule has 2 aliphatic heterocycles. The summed E-state index contributed by atoms with van der Waals surface area (Å²) in [6, 6.07) is 8.68. The standard InChI is InChI=1S/C31H38F3N10PS/c1-41-14-16-44(17-15-41)20-8-12-43(13-9-20)21-4-5-23(22(18-21)31(32,33)34)39-30-37-19-26(45)29(40-30)38-25-7-6-24-27(36-11-10-35-24)28(25)42(2)46-3/h4-7,10-11,18-20H,8-9,12-17,45H2,1-3H3,(H2,37,38,39,40). The van der Waals surface area contributed by atoms with E-state index in [1.54, 1.807) is 24.7 Å². The van der Waals surface area contributed by atoms with Gasteiger partial charge in [-0.1, -0.05) is 21.2 Å². The van der Waals surface area contributed by atoms with E-state index in [1.165, 1.54) is 24.1 Å². The van der Waals surface area contributed by atoms with Crippen LogP contribution in [0.25, 0.3) is 11.0 Å². The molecule has 2 fully saturated rings. The fourth-order valence-corrected chi connectivity index (χ4v) is 6.66. The molecule has 46 heavy (non-hydrogen) atoms. The van der Waals surface area contributed by atoms with Crippen molar-refractivity contribution in [3.63, 3.8) is 0 Å². The van der Waals surface area contributed by atoms with E-state index in [4.69, 9.17) is 0 Å². The summed E-state index contributed by atoms with van der Waals surface area (Å²) in [4.78, 5) is 24.7. The maximum Gasteiger partial charge on any atom is 0.418 e. The summed E-state index contributed by atoms with van der Waals surface area (Å²) >= 11 is 1.51. The molecule has 2 aliphatic rings. The first-order valence-electron chi connectivity index (χ1n) is 15.2. The Balaban J connectivity index is 1.21. The number of hydrogen-bond donors (Lipinski definition) is 2. The van der Waals surface area contributed by atoms with Gasteiger partial charge in [-0.05, 0) is 50.2 Å². The van der Waals surface area contributed by atoms with E-state index < -0.39 is 11.7 Å². The zero-order valence-electron chi connectivity index (χ0n) is 26.1. The van der Waals surface area contributed by atoms with Crippen molar-refractivity contribution in [3.05, 3.63) is 54.5 Å². The first-order valence-corrected chi connectivity index (χ1v) is 16.9. The molecular weight excluding hydrogens is 632 g/mol. The Kier molecular flexibility index (Phi) is 9.69. The van der Waals surface area contributed by atoms with Gasteiger partial charge in [0.15, 0.2) is 0 Å². The molecular formula is C31H38F3N10PS. The Labute approximate surface area is 273 Å². The predicted molar refractivity (Wildman–Crippen MR) is 185 cm³/mol. The molecule has 0 amide bonds. The Bertz CT molecular complexity index is 1680. The minimum absolute atomic E-state index is 0.0419. The summed E-state index contributed by atoms with van der Waals surface area (Å²) in [6.07, 6.45) is 4.09. The molecule has 1 unspecified atom stereocenters. The van der Waals surface area contributed by atoms with E-state index in [0.29, 0.717) is 28.4 Å². The molecule has 0 aliphatic carbocycles. The molecule has 0 radical (unpaired) electrons. The van der Waals surface area contributed by atoms with Crippen molar-refractivity contribution in [1.29, 1.82) is 0 Å². The van der Waals surface area contributed by atoms with E-state index in [-0.39, 0.29) is 11.6 Å². The number of hydrogen-bond acceptors (Lipinski definition) is 11. The highest BCUT2D eigenvalue weighted by molar-refractivity contribution is 7.99. The highest BCUT2D eigenvalue weighted by Gasteiger charge is 2.35. The highest BCUT2D eigenvalue weighted by Crippen LogP contribution is 2.40. The number of alkyl halides is 3. The van der Waals surface area contributed by atoms with Crippen molar-refractivity contribution in [3.8, 4) is 0 Å². The lowest BCUT2D eigenvalue weighted by Crippen LogP contribution is -2.52. The number of piperazine rings is 1. The van der Waals surface area contributed by atoms with Gasteiger partial charge < -0.3 is 24.7 Å². The normalized spacial score (nSPS) is 17.0. The average Bonchev–Trinajstić information content (AvgIpc) is 3.06. The largest absolute Gasteiger partial charge is 0.418 e. The van der Waals surface area contributed by atoms with Crippen molar-refractivity contribution in [2.45, 2.75) is 25.1 Å². The maximum absolute atomic E-state index is 14.4. The predicted octanol–water partition coefficient (Wildman–Crippen LogP) is 5.36. The van der Waals surface area contributed by atoms with Gasteiger partial charge in [0.05, 0.1) is 28.1 Å². The van der Waals surface area contributed by atoms with E-state index in [1.807, 2.05) is 29.7 Å². The molecule has 2 aromatic heterocycles. The summed E-state index contributed by atoms with van der Waals surface area (Å²) in [7, 11) is 6.63. The molecule has 10 nitrogen and oxygen atoms in total. The highest BCUT2D eigenvalue weighted by atomic mass is 32.2. The first-order chi connectivity index (χ1) is 22.1. The number of rotatable bonds is 8. The third kappa shape index (κ3) is 7.10. The van der Waals surface area contributed by atoms with Crippen molar-refractivity contribution in [1.82, 2.24) is 29.7 Å². The number of piperidine rings is 1. The minimum Gasteiger partial charge on any atom is -0.371 e. The molecule has 2 saturated heterocycles. The summed E-state index contributed by atoms with van der Waals surface area (Å²) in [5.41, 5.74) is 2.69. The van der Waals surface area contributed by atoms with Gasteiger partial charge >= 0.3 is 6.18 Å². The maximum atomic E-state index is 14.4. The van der Waals surface area contributed by atoms with Crippen molar-refractivity contribution in [2.75, 3.05) is 79.5 Å². The third-order valence-electron chi connectivity index (χ3n) is 8.71. The van der Waals surface area contributed by atoms with Gasteiger partial charge in [0, 0.05) is 88.2 Å². The fourth-order valence-electron chi connectivity index (χ4n) is 6.08. The summed E-state index contributed by atoms with van der Waals surface area (Å²) in [6.45, 7) is 5.65. The molecule has 0 saturated carbocycles. The number of halogens is 3. The molecule has 2 aromatic carbocycles. The van der Waals surface area contributed by atoms with Crippen LogP contribution in [0.1, 0.15) is 18.4 Å². The van der Waals surface area contributed by atoms with Gasteiger partial charge in [0.2, 0.25) is 5.95 Å². The van der Waals surface area contributed by atoms with Crippen LogP contribution in [0.4, 0.5) is 47.7 Å². The van der Waals surface area contributed by atoms with Crippen molar-refractivity contribution >= 4 is 72.0 Å². The van der Waals surface area contributed by atoms with Crippen LogP contribution in [0.5, 0.6) is 0 Å².